The molecule has 0 radical (unpaired) electrons. The third-order valence-electron chi connectivity index (χ3n) is 7.90. The van der Waals surface area contributed by atoms with Gasteiger partial charge in [0.2, 0.25) is 11.1 Å². The van der Waals surface area contributed by atoms with Crippen LogP contribution in [0.4, 0.5) is 5.95 Å². The molecule has 1 aromatic heterocycles. The lowest BCUT2D eigenvalue weighted by molar-refractivity contribution is -0.137. The van der Waals surface area contributed by atoms with Crippen molar-refractivity contribution in [3.05, 3.63) is 68.3 Å². The van der Waals surface area contributed by atoms with Crippen LogP contribution in [-0.2, 0) is 20.1 Å². The Labute approximate surface area is 273 Å². The molecule has 44 heavy (non-hydrogen) atoms. The van der Waals surface area contributed by atoms with Crippen LogP contribution in [0.3, 0.4) is 0 Å². The number of ketones is 1. The Kier molecular flexibility index (Phi) is 8.96. The predicted molar refractivity (Wildman–Crippen MR) is 171 cm³/mol. The molecule has 10 nitrogen and oxygen atoms in total. The maximum absolute atomic E-state index is 13.7. The second kappa shape index (κ2) is 12.7. The van der Waals surface area contributed by atoms with E-state index in [2.05, 4.69) is 35.1 Å². The molecule has 0 saturated carbocycles. The van der Waals surface area contributed by atoms with Gasteiger partial charge in [-0.25, -0.2) is 4.68 Å². The number of benzene rings is 2. The van der Waals surface area contributed by atoms with Gasteiger partial charge >= 0.3 is 0 Å². The number of allylic oxidation sites excluding steroid dienone is 2. The summed E-state index contributed by atoms with van der Waals surface area (Å²) < 4.78 is 19.4. The van der Waals surface area contributed by atoms with E-state index in [1.807, 2.05) is 36.4 Å². The summed E-state index contributed by atoms with van der Waals surface area (Å²) >= 11 is 11.5. The fraction of sp³-hybridized carbons (Fsp3) is 0.419. The summed E-state index contributed by atoms with van der Waals surface area (Å²) in [5, 5.41) is 9.54. The molecule has 13 heteroatoms. The van der Waals surface area contributed by atoms with Gasteiger partial charge in [0.1, 0.15) is 6.04 Å². The van der Waals surface area contributed by atoms with Gasteiger partial charge < -0.3 is 24.4 Å². The molecule has 3 aromatic rings. The van der Waals surface area contributed by atoms with Gasteiger partial charge in [0, 0.05) is 41.6 Å². The molecule has 1 atom stereocenters. The van der Waals surface area contributed by atoms with Gasteiger partial charge in [-0.15, -0.1) is 5.10 Å². The molecule has 0 spiro atoms. The number of anilines is 1. The van der Waals surface area contributed by atoms with E-state index in [0.29, 0.717) is 82.6 Å². The molecule has 232 valence electrons. The number of carbonyl (C=O) groups is 2. The molecule has 0 bridgehead atoms. The first-order chi connectivity index (χ1) is 21.1. The third kappa shape index (κ3) is 6.35. The standard InChI is InChI=1S/C31H33BrClN5O5S/c1-31(2)14-22-26(23(39)15-31)27(38-29(34-22)35-30(36-38)44-17-18-6-4-5-7-21(18)33)19-12-20(32)28(24(13-19)41-3)43-16-25(40)37-8-10-42-11-9-37/h4-7,12-13,27H,8-11,14-17H2,1-3H3,(H,34,35,36). The molecular weight excluding hydrogens is 670 g/mol. The van der Waals surface area contributed by atoms with Crippen LogP contribution in [0.15, 0.2) is 57.3 Å². The molecular formula is C31H33BrClN5O5S. The van der Waals surface area contributed by atoms with E-state index in [9.17, 15) is 9.59 Å². The van der Waals surface area contributed by atoms with Crippen LogP contribution in [0.1, 0.15) is 43.9 Å². The predicted octanol–water partition coefficient (Wildman–Crippen LogP) is 5.89. The van der Waals surface area contributed by atoms with Crippen LogP contribution in [-0.4, -0.2) is 71.4 Å². The number of methoxy groups -OCH3 is 1. The van der Waals surface area contributed by atoms with Crippen LogP contribution in [0.5, 0.6) is 11.5 Å². The molecule has 1 saturated heterocycles. The first kappa shape index (κ1) is 30.9. The second-order valence-corrected chi connectivity index (χ2v) is 13.9. The third-order valence-corrected chi connectivity index (χ3v) is 9.74. The Balaban J connectivity index is 1.33. The Morgan fingerprint density at radius 2 is 2.00 bits per heavy atom. The SMILES string of the molecule is COc1cc(C2C3=C(CC(C)(C)CC3=O)Nc3nc(SCc4ccccc4Cl)nn32)cc(Br)c1OCC(=O)N1CCOCC1. The number of morpholine rings is 1. The fourth-order valence-corrected chi connectivity index (χ4v) is 7.48. The smallest absolute Gasteiger partial charge is 0.260 e. The van der Waals surface area contributed by atoms with Crippen molar-refractivity contribution in [1.29, 1.82) is 0 Å². The number of aromatic nitrogens is 3. The zero-order chi connectivity index (χ0) is 31.0. The van der Waals surface area contributed by atoms with Crippen LogP contribution in [0.2, 0.25) is 5.02 Å². The Morgan fingerprint density at radius 1 is 1.23 bits per heavy atom. The molecule has 1 N–H and O–H groups in total. The highest BCUT2D eigenvalue weighted by atomic mass is 79.9. The summed E-state index contributed by atoms with van der Waals surface area (Å²) in [4.78, 5) is 33.0. The van der Waals surface area contributed by atoms with Gasteiger partial charge in [-0.1, -0.05) is 55.4 Å². The van der Waals surface area contributed by atoms with Crippen molar-refractivity contribution in [2.24, 2.45) is 5.41 Å². The minimum Gasteiger partial charge on any atom is -0.493 e. The summed E-state index contributed by atoms with van der Waals surface area (Å²) in [6, 6.07) is 10.9. The van der Waals surface area contributed by atoms with E-state index in [4.69, 9.17) is 35.9 Å². The first-order valence-electron chi connectivity index (χ1n) is 14.4. The highest BCUT2D eigenvalue weighted by Gasteiger charge is 2.42. The molecule has 6 rings (SSSR count). The van der Waals surface area contributed by atoms with Crippen molar-refractivity contribution in [3.63, 3.8) is 0 Å². The number of fused-ring (bicyclic) bond motifs is 1. The molecule has 3 aliphatic rings. The van der Waals surface area contributed by atoms with Gasteiger partial charge in [-0.2, -0.15) is 4.98 Å². The maximum atomic E-state index is 13.7. The number of carbonyl (C=O) groups excluding carboxylic acids is 2. The molecule has 3 heterocycles. The van der Waals surface area contributed by atoms with Crippen molar-refractivity contribution in [2.75, 3.05) is 45.3 Å². The first-order valence-corrected chi connectivity index (χ1v) is 16.5. The highest BCUT2D eigenvalue weighted by molar-refractivity contribution is 9.10. The zero-order valence-electron chi connectivity index (χ0n) is 24.7. The van der Waals surface area contributed by atoms with E-state index in [-0.39, 0.29) is 23.7 Å². The van der Waals surface area contributed by atoms with E-state index < -0.39 is 6.04 Å². The largest absolute Gasteiger partial charge is 0.493 e. The van der Waals surface area contributed by atoms with Crippen molar-refractivity contribution < 1.29 is 23.8 Å². The highest BCUT2D eigenvalue weighted by Crippen LogP contribution is 2.48. The molecule has 2 aliphatic heterocycles. The van der Waals surface area contributed by atoms with Crippen LogP contribution in [0.25, 0.3) is 0 Å². The number of rotatable bonds is 8. The molecule has 1 amide bonds. The number of halogens is 2. The Bertz CT molecular complexity index is 1640. The lowest BCUT2D eigenvalue weighted by atomic mass is 9.73. The number of amides is 1. The number of hydrogen-bond donors (Lipinski definition) is 1. The van der Waals surface area contributed by atoms with Crippen LogP contribution in [0, 0.1) is 5.41 Å². The van der Waals surface area contributed by atoms with Gasteiger partial charge in [0.25, 0.3) is 5.91 Å². The van der Waals surface area contributed by atoms with Crippen molar-refractivity contribution >= 4 is 56.9 Å². The van der Waals surface area contributed by atoms with Gasteiger partial charge in [-0.05, 0) is 57.1 Å². The van der Waals surface area contributed by atoms with Crippen LogP contribution < -0.4 is 14.8 Å². The summed E-state index contributed by atoms with van der Waals surface area (Å²) in [6.07, 6.45) is 1.12. The number of nitrogens with zero attached hydrogens (tertiary/aromatic N) is 4. The van der Waals surface area contributed by atoms with Crippen molar-refractivity contribution in [3.8, 4) is 11.5 Å². The molecule has 2 aromatic carbocycles. The average Bonchev–Trinajstić information content (AvgIpc) is 3.40. The topological polar surface area (TPSA) is 108 Å². The molecule has 1 fully saturated rings. The summed E-state index contributed by atoms with van der Waals surface area (Å²) in [5.41, 5.74) is 3.08. The van der Waals surface area contributed by atoms with Crippen molar-refractivity contribution in [1.82, 2.24) is 19.7 Å². The number of ether oxygens (including phenoxy) is 3. The average molecular weight is 703 g/mol. The summed E-state index contributed by atoms with van der Waals surface area (Å²) in [6.45, 7) is 6.17. The summed E-state index contributed by atoms with van der Waals surface area (Å²) in [7, 11) is 1.55. The zero-order valence-corrected chi connectivity index (χ0v) is 27.9. The molecule has 1 aliphatic carbocycles. The number of thioether (sulfide) groups is 1. The Hall–Kier alpha value is -3.06. The van der Waals surface area contributed by atoms with E-state index in [1.165, 1.54) is 11.8 Å². The van der Waals surface area contributed by atoms with E-state index >= 15 is 0 Å². The number of nitrogens with one attached hydrogen (secondary N) is 1. The lowest BCUT2D eigenvalue weighted by Gasteiger charge is -2.38. The van der Waals surface area contributed by atoms with Gasteiger partial charge in [-0.3, -0.25) is 9.59 Å². The normalized spacial score (nSPS) is 19.2. The molecule has 1 unspecified atom stereocenters. The van der Waals surface area contributed by atoms with Gasteiger partial charge in [0.15, 0.2) is 23.9 Å². The van der Waals surface area contributed by atoms with Crippen LogP contribution >= 0.6 is 39.3 Å². The minimum atomic E-state index is -0.541. The maximum Gasteiger partial charge on any atom is 0.260 e. The van der Waals surface area contributed by atoms with E-state index in [1.54, 1.807) is 16.7 Å². The monoisotopic (exact) mass is 701 g/mol. The minimum absolute atomic E-state index is 0.0618. The second-order valence-electron chi connectivity index (χ2n) is 11.7. The number of Topliss-reactive ketones (excluding diaryl/α,β-unsaturated/α-hetero) is 1. The quantitative estimate of drug-likeness (QED) is 0.288. The van der Waals surface area contributed by atoms with Gasteiger partial charge in [0.05, 0.1) is 24.8 Å². The fourth-order valence-electron chi connectivity index (χ4n) is 5.79. The Morgan fingerprint density at radius 3 is 2.75 bits per heavy atom. The van der Waals surface area contributed by atoms with E-state index in [0.717, 1.165) is 16.8 Å². The lowest BCUT2D eigenvalue weighted by Crippen LogP contribution is -2.43. The summed E-state index contributed by atoms with van der Waals surface area (Å²) in [5.74, 6) is 1.94. The van der Waals surface area contributed by atoms with Crippen molar-refractivity contribution in [2.45, 2.75) is 43.6 Å². The number of hydrogen-bond acceptors (Lipinski definition) is 9.